The number of carbonyl (C=O) groups excluding carboxylic acids is 1. The van der Waals surface area contributed by atoms with Gasteiger partial charge in [-0.25, -0.2) is 0 Å². The van der Waals surface area contributed by atoms with Crippen molar-refractivity contribution in [2.24, 2.45) is 0 Å². The average molecular weight is 397 g/mol. The van der Waals surface area contributed by atoms with E-state index in [4.69, 9.17) is 34.8 Å². The molecule has 5 nitrogen and oxygen atoms in total. The fourth-order valence-corrected chi connectivity index (χ4v) is 3.17. The van der Waals surface area contributed by atoms with Crippen molar-refractivity contribution < 1.29 is 4.79 Å². The molecule has 1 aromatic heterocycles. The van der Waals surface area contributed by atoms with Crippen LogP contribution < -0.4 is 10.7 Å². The van der Waals surface area contributed by atoms with Crippen LogP contribution in [0.1, 0.15) is 17.4 Å². The molecule has 1 N–H and O–H groups in total. The summed E-state index contributed by atoms with van der Waals surface area (Å²) in [6, 6.07) is 9.50. The summed E-state index contributed by atoms with van der Waals surface area (Å²) in [6.07, 6.45) is 0. The molecule has 0 unspecified atom stereocenters. The Morgan fingerprint density at radius 2 is 1.76 bits per heavy atom. The summed E-state index contributed by atoms with van der Waals surface area (Å²) in [5, 5.41) is 8.24. The van der Waals surface area contributed by atoms with E-state index < -0.39 is 11.3 Å². The first-order valence-electron chi connectivity index (χ1n) is 7.37. The number of rotatable bonds is 3. The zero-order valence-electron chi connectivity index (χ0n) is 13.0. The molecule has 0 aliphatic heterocycles. The largest absolute Gasteiger partial charge is 0.320 e. The summed E-state index contributed by atoms with van der Waals surface area (Å²) in [7, 11) is 0. The number of benzene rings is 2. The van der Waals surface area contributed by atoms with E-state index in [0.717, 1.165) is 0 Å². The Balaban J connectivity index is 2.09. The first-order chi connectivity index (χ1) is 11.9. The smallest absolute Gasteiger partial charge is 0.280 e. The Kier molecular flexibility index (Phi) is 4.99. The van der Waals surface area contributed by atoms with Crippen LogP contribution in [0.15, 0.2) is 41.2 Å². The zero-order chi connectivity index (χ0) is 18.1. The first-order valence-corrected chi connectivity index (χ1v) is 8.50. The topological polar surface area (TPSA) is 64.0 Å². The van der Waals surface area contributed by atoms with Gasteiger partial charge in [-0.05, 0) is 43.3 Å². The number of anilines is 1. The summed E-state index contributed by atoms with van der Waals surface area (Å²) in [6.45, 7) is 2.35. The second-order valence-corrected chi connectivity index (χ2v) is 6.58. The molecule has 1 heterocycles. The van der Waals surface area contributed by atoms with E-state index in [2.05, 4.69) is 10.4 Å². The van der Waals surface area contributed by atoms with Gasteiger partial charge in [0.15, 0.2) is 5.69 Å². The fraction of sp³-hybridized carbons (Fsp3) is 0.118. The van der Waals surface area contributed by atoms with Gasteiger partial charge >= 0.3 is 0 Å². The van der Waals surface area contributed by atoms with Crippen molar-refractivity contribution in [3.8, 4) is 0 Å². The number of hydrogen-bond acceptors (Lipinski definition) is 3. The van der Waals surface area contributed by atoms with Crippen molar-refractivity contribution >= 4 is 57.3 Å². The second-order valence-electron chi connectivity index (χ2n) is 5.27. The molecule has 0 aliphatic rings. The van der Waals surface area contributed by atoms with Crippen molar-refractivity contribution in [2.45, 2.75) is 13.5 Å². The third-order valence-corrected chi connectivity index (χ3v) is 4.22. The third-order valence-electron chi connectivity index (χ3n) is 3.55. The SMILES string of the molecule is CCn1nc(C(=O)Nc2cc(Cl)cc(Cl)c2)c(=O)c2cc(Cl)ccc21. The number of halogens is 3. The average Bonchev–Trinajstić information content (AvgIpc) is 2.54. The Bertz CT molecular complexity index is 1030. The number of aromatic nitrogens is 2. The molecule has 3 aromatic rings. The lowest BCUT2D eigenvalue weighted by atomic mass is 10.2. The fourth-order valence-electron chi connectivity index (χ4n) is 2.47. The highest BCUT2D eigenvalue weighted by molar-refractivity contribution is 6.35. The molecule has 128 valence electrons. The maximum atomic E-state index is 12.7. The standard InChI is InChI=1S/C17H12Cl3N3O2/c1-2-23-14-4-3-9(18)8-13(14)16(24)15(22-23)17(25)21-12-6-10(19)5-11(20)7-12/h3-8H,2H2,1H3,(H,21,25). The van der Waals surface area contributed by atoms with Crippen LogP contribution in [0.2, 0.25) is 15.1 Å². The number of amides is 1. The van der Waals surface area contributed by atoms with Crippen LogP contribution >= 0.6 is 34.8 Å². The van der Waals surface area contributed by atoms with E-state index >= 15 is 0 Å². The highest BCUT2D eigenvalue weighted by Crippen LogP contribution is 2.23. The Morgan fingerprint density at radius 3 is 2.40 bits per heavy atom. The lowest BCUT2D eigenvalue weighted by molar-refractivity contribution is 0.101. The van der Waals surface area contributed by atoms with Crippen LogP contribution in [0.25, 0.3) is 10.9 Å². The van der Waals surface area contributed by atoms with Gasteiger partial charge < -0.3 is 5.32 Å². The maximum Gasteiger partial charge on any atom is 0.280 e. The van der Waals surface area contributed by atoms with Crippen molar-refractivity contribution in [2.75, 3.05) is 5.32 Å². The maximum absolute atomic E-state index is 12.7. The summed E-state index contributed by atoms with van der Waals surface area (Å²) in [5.41, 5.74) is 0.262. The van der Waals surface area contributed by atoms with Gasteiger partial charge in [-0.1, -0.05) is 34.8 Å². The lowest BCUT2D eigenvalue weighted by Crippen LogP contribution is -2.27. The predicted molar refractivity (Wildman–Crippen MR) is 101 cm³/mol. The van der Waals surface area contributed by atoms with Crippen molar-refractivity contribution in [1.29, 1.82) is 0 Å². The lowest BCUT2D eigenvalue weighted by Gasteiger charge is -2.11. The van der Waals surface area contributed by atoms with Crippen LogP contribution in [-0.2, 0) is 6.54 Å². The minimum atomic E-state index is -0.646. The minimum Gasteiger partial charge on any atom is -0.320 e. The molecule has 2 aromatic carbocycles. The van der Waals surface area contributed by atoms with E-state index in [0.29, 0.717) is 38.2 Å². The quantitative estimate of drug-likeness (QED) is 0.702. The molecule has 0 aliphatic carbocycles. The normalized spacial score (nSPS) is 10.9. The van der Waals surface area contributed by atoms with Crippen molar-refractivity contribution in [3.63, 3.8) is 0 Å². The van der Waals surface area contributed by atoms with E-state index in [9.17, 15) is 9.59 Å². The van der Waals surface area contributed by atoms with Crippen LogP contribution in [0.5, 0.6) is 0 Å². The Labute approximate surface area is 158 Å². The summed E-state index contributed by atoms with van der Waals surface area (Å²) < 4.78 is 1.58. The Hall–Kier alpha value is -2.08. The monoisotopic (exact) mass is 395 g/mol. The van der Waals surface area contributed by atoms with Gasteiger partial charge in [0.1, 0.15) is 0 Å². The van der Waals surface area contributed by atoms with Crippen LogP contribution in [-0.4, -0.2) is 15.7 Å². The van der Waals surface area contributed by atoms with Gasteiger partial charge in [0.2, 0.25) is 5.43 Å². The number of nitrogens with one attached hydrogen (secondary N) is 1. The first kappa shape index (κ1) is 17.7. The molecule has 0 radical (unpaired) electrons. The molecular weight excluding hydrogens is 385 g/mol. The molecule has 3 rings (SSSR count). The number of fused-ring (bicyclic) bond motifs is 1. The molecule has 0 fully saturated rings. The molecule has 0 saturated heterocycles. The second kappa shape index (κ2) is 7.04. The van der Waals surface area contributed by atoms with Crippen LogP contribution in [0.4, 0.5) is 5.69 Å². The molecule has 0 bridgehead atoms. The number of aryl methyl sites for hydroxylation is 1. The van der Waals surface area contributed by atoms with Gasteiger partial charge in [0.05, 0.1) is 10.9 Å². The van der Waals surface area contributed by atoms with Gasteiger partial charge in [-0.3, -0.25) is 14.3 Å². The highest BCUT2D eigenvalue weighted by atomic mass is 35.5. The molecule has 0 spiro atoms. The zero-order valence-corrected chi connectivity index (χ0v) is 15.3. The Morgan fingerprint density at radius 1 is 1.08 bits per heavy atom. The van der Waals surface area contributed by atoms with Gasteiger partial charge in [0.25, 0.3) is 5.91 Å². The molecule has 1 amide bonds. The molecule has 8 heteroatoms. The highest BCUT2D eigenvalue weighted by Gasteiger charge is 2.18. The molecule has 25 heavy (non-hydrogen) atoms. The van der Waals surface area contributed by atoms with E-state index in [1.165, 1.54) is 18.2 Å². The third kappa shape index (κ3) is 3.63. The van der Waals surface area contributed by atoms with E-state index in [1.54, 1.807) is 22.9 Å². The molecule has 0 saturated carbocycles. The predicted octanol–water partition coefficient (Wildman–Crippen LogP) is 4.63. The molecular formula is C17H12Cl3N3O2. The van der Waals surface area contributed by atoms with Crippen molar-refractivity contribution in [3.05, 3.63) is 67.4 Å². The summed E-state index contributed by atoms with van der Waals surface area (Å²) in [4.78, 5) is 25.2. The minimum absolute atomic E-state index is 0.229. The van der Waals surface area contributed by atoms with Gasteiger partial charge in [0, 0.05) is 27.3 Å². The number of nitrogens with zero attached hydrogens (tertiary/aromatic N) is 2. The molecule has 0 atom stereocenters. The van der Waals surface area contributed by atoms with E-state index in [-0.39, 0.29) is 5.69 Å². The van der Waals surface area contributed by atoms with Crippen LogP contribution in [0, 0.1) is 0 Å². The summed E-state index contributed by atoms with van der Waals surface area (Å²) >= 11 is 17.8. The number of carbonyl (C=O) groups is 1. The summed E-state index contributed by atoms with van der Waals surface area (Å²) in [5.74, 6) is -0.646. The van der Waals surface area contributed by atoms with Gasteiger partial charge in [-0.2, -0.15) is 5.10 Å². The van der Waals surface area contributed by atoms with Crippen LogP contribution in [0.3, 0.4) is 0 Å². The van der Waals surface area contributed by atoms with Gasteiger partial charge in [-0.15, -0.1) is 0 Å². The van der Waals surface area contributed by atoms with E-state index in [1.807, 2.05) is 6.92 Å². The van der Waals surface area contributed by atoms with Crippen molar-refractivity contribution in [1.82, 2.24) is 9.78 Å². The number of hydrogen-bond donors (Lipinski definition) is 1.